The Kier molecular flexibility index (Phi) is 4.46. The first kappa shape index (κ1) is 14.9. The van der Waals surface area contributed by atoms with E-state index in [4.69, 9.17) is 9.84 Å². The predicted octanol–water partition coefficient (Wildman–Crippen LogP) is 1.60. The Labute approximate surface area is 120 Å². The van der Waals surface area contributed by atoms with E-state index < -0.39 is 11.8 Å². The van der Waals surface area contributed by atoms with Gasteiger partial charge in [0.2, 0.25) is 0 Å². The number of aromatic nitrogens is 4. The maximum atomic E-state index is 14.0. The SMILES string of the molecule is COc1ccc(-c2nnnn2CC(C)CC(=O)O)c(F)c1. The van der Waals surface area contributed by atoms with Gasteiger partial charge in [-0.1, -0.05) is 6.92 Å². The van der Waals surface area contributed by atoms with Gasteiger partial charge >= 0.3 is 5.97 Å². The van der Waals surface area contributed by atoms with Crippen molar-refractivity contribution in [3.63, 3.8) is 0 Å². The number of aliphatic carboxylic acids is 1. The fraction of sp³-hybridized carbons (Fsp3) is 0.385. The standard InChI is InChI=1S/C13H15FN4O3/c1-8(5-12(19)20)7-18-13(15-16-17-18)10-4-3-9(21-2)6-11(10)14/h3-4,6,8H,5,7H2,1-2H3,(H,19,20). The number of hydrogen-bond acceptors (Lipinski definition) is 5. The zero-order valence-corrected chi connectivity index (χ0v) is 11.7. The van der Waals surface area contributed by atoms with E-state index >= 15 is 0 Å². The van der Waals surface area contributed by atoms with Crippen molar-refractivity contribution < 1.29 is 19.0 Å². The van der Waals surface area contributed by atoms with Crippen LogP contribution in [0.3, 0.4) is 0 Å². The van der Waals surface area contributed by atoms with Gasteiger partial charge < -0.3 is 9.84 Å². The van der Waals surface area contributed by atoms with Gasteiger partial charge in [-0.3, -0.25) is 4.79 Å². The van der Waals surface area contributed by atoms with Crippen LogP contribution >= 0.6 is 0 Å². The third-order valence-corrected chi connectivity index (χ3v) is 2.96. The van der Waals surface area contributed by atoms with E-state index in [2.05, 4.69) is 15.5 Å². The Morgan fingerprint density at radius 1 is 1.52 bits per heavy atom. The Bertz CT molecular complexity index is 644. The number of ether oxygens (including phenoxy) is 1. The van der Waals surface area contributed by atoms with Crippen LogP contribution < -0.4 is 4.74 Å². The molecule has 1 heterocycles. The minimum Gasteiger partial charge on any atom is -0.497 e. The summed E-state index contributed by atoms with van der Waals surface area (Å²) in [6, 6.07) is 4.38. The van der Waals surface area contributed by atoms with Gasteiger partial charge in [-0.15, -0.1) is 5.10 Å². The van der Waals surface area contributed by atoms with Gasteiger partial charge in [0.1, 0.15) is 11.6 Å². The Morgan fingerprint density at radius 3 is 2.90 bits per heavy atom. The van der Waals surface area contributed by atoms with Gasteiger partial charge in [0, 0.05) is 19.0 Å². The number of rotatable bonds is 6. The van der Waals surface area contributed by atoms with E-state index in [1.54, 1.807) is 13.0 Å². The molecule has 0 amide bonds. The van der Waals surface area contributed by atoms with Gasteiger partial charge in [0.25, 0.3) is 0 Å². The maximum absolute atomic E-state index is 14.0. The molecule has 21 heavy (non-hydrogen) atoms. The number of halogens is 1. The second-order valence-corrected chi connectivity index (χ2v) is 4.73. The lowest BCUT2D eigenvalue weighted by atomic mass is 10.1. The minimum atomic E-state index is -0.896. The van der Waals surface area contributed by atoms with Gasteiger partial charge in [0.05, 0.1) is 12.7 Å². The molecule has 0 saturated heterocycles. The summed E-state index contributed by atoms with van der Waals surface area (Å²) in [5.74, 6) is -0.919. The molecule has 0 saturated carbocycles. The van der Waals surface area contributed by atoms with Gasteiger partial charge in [-0.2, -0.15) is 0 Å². The first-order valence-electron chi connectivity index (χ1n) is 6.33. The summed E-state index contributed by atoms with van der Waals surface area (Å²) in [4.78, 5) is 10.7. The number of carbonyl (C=O) groups is 1. The first-order valence-corrected chi connectivity index (χ1v) is 6.33. The van der Waals surface area contributed by atoms with Crippen molar-refractivity contribution in [3.05, 3.63) is 24.0 Å². The number of nitrogens with zero attached hydrogens (tertiary/aromatic N) is 4. The van der Waals surface area contributed by atoms with Crippen molar-refractivity contribution in [3.8, 4) is 17.1 Å². The molecule has 0 aliphatic carbocycles. The van der Waals surface area contributed by atoms with E-state index in [1.165, 1.54) is 23.9 Å². The molecule has 112 valence electrons. The third-order valence-electron chi connectivity index (χ3n) is 2.96. The molecule has 2 aromatic rings. The van der Waals surface area contributed by atoms with Crippen LogP contribution in [-0.4, -0.2) is 38.4 Å². The molecule has 2 rings (SSSR count). The van der Waals surface area contributed by atoms with E-state index in [1.807, 2.05) is 0 Å². The molecule has 0 aliphatic heterocycles. The van der Waals surface area contributed by atoms with E-state index in [0.717, 1.165) is 0 Å². The highest BCUT2D eigenvalue weighted by Gasteiger charge is 2.17. The Hall–Kier alpha value is -2.51. The summed E-state index contributed by atoms with van der Waals surface area (Å²) in [6.07, 6.45) is -0.00953. The van der Waals surface area contributed by atoms with Crippen molar-refractivity contribution in [2.24, 2.45) is 5.92 Å². The molecule has 0 aliphatic rings. The first-order chi connectivity index (χ1) is 10.0. The molecular weight excluding hydrogens is 279 g/mol. The van der Waals surface area contributed by atoms with Crippen molar-refractivity contribution in [2.75, 3.05) is 7.11 Å². The third kappa shape index (κ3) is 3.53. The quantitative estimate of drug-likeness (QED) is 0.870. The van der Waals surface area contributed by atoms with Crippen LogP contribution in [0.5, 0.6) is 5.75 Å². The van der Waals surface area contributed by atoms with Crippen LogP contribution in [0.2, 0.25) is 0 Å². The van der Waals surface area contributed by atoms with Crippen LogP contribution in [0.4, 0.5) is 4.39 Å². The molecule has 0 fully saturated rings. The van der Waals surface area contributed by atoms with Crippen molar-refractivity contribution in [1.82, 2.24) is 20.2 Å². The summed E-state index contributed by atoms with van der Waals surface area (Å²) in [5.41, 5.74) is 0.239. The summed E-state index contributed by atoms with van der Waals surface area (Å²) >= 11 is 0. The highest BCUT2D eigenvalue weighted by atomic mass is 19.1. The zero-order valence-electron chi connectivity index (χ0n) is 11.7. The van der Waals surface area contributed by atoms with Crippen LogP contribution in [-0.2, 0) is 11.3 Å². The average molecular weight is 294 g/mol. The molecule has 0 radical (unpaired) electrons. The number of tetrazole rings is 1. The monoisotopic (exact) mass is 294 g/mol. The predicted molar refractivity (Wildman–Crippen MR) is 71.2 cm³/mol. The lowest BCUT2D eigenvalue weighted by Gasteiger charge is -2.10. The van der Waals surface area contributed by atoms with E-state index in [9.17, 15) is 9.18 Å². The summed E-state index contributed by atoms with van der Waals surface area (Å²) in [5, 5.41) is 19.9. The van der Waals surface area contributed by atoms with Crippen molar-refractivity contribution >= 4 is 5.97 Å². The molecule has 1 aromatic heterocycles. The van der Waals surface area contributed by atoms with Crippen molar-refractivity contribution in [1.29, 1.82) is 0 Å². The number of carboxylic acids is 1. The summed E-state index contributed by atoms with van der Waals surface area (Å²) in [7, 11) is 1.45. The Morgan fingerprint density at radius 2 is 2.29 bits per heavy atom. The topological polar surface area (TPSA) is 90.1 Å². The fourth-order valence-electron chi connectivity index (χ4n) is 1.98. The number of carboxylic acid groups (broad SMARTS) is 1. The molecular formula is C13H15FN4O3. The van der Waals surface area contributed by atoms with Gasteiger partial charge in [-0.25, -0.2) is 9.07 Å². The van der Waals surface area contributed by atoms with E-state index in [-0.39, 0.29) is 23.7 Å². The van der Waals surface area contributed by atoms with Crippen LogP contribution in [0, 0.1) is 11.7 Å². The lowest BCUT2D eigenvalue weighted by Crippen LogP contribution is -2.14. The number of benzene rings is 1. The van der Waals surface area contributed by atoms with Crippen LogP contribution in [0.25, 0.3) is 11.4 Å². The molecule has 0 bridgehead atoms. The summed E-state index contributed by atoms with van der Waals surface area (Å²) in [6.45, 7) is 2.06. The lowest BCUT2D eigenvalue weighted by molar-refractivity contribution is -0.138. The maximum Gasteiger partial charge on any atom is 0.303 e. The highest BCUT2D eigenvalue weighted by Crippen LogP contribution is 2.24. The minimum absolute atomic E-state index is 0.00953. The Balaban J connectivity index is 2.26. The molecule has 8 heteroatoms. The zero-order chi connectivity index (χ0) is 15.4. The highest BCUT2D eigenvalue weighted by molar-refractivity contribution is 5.67. The second kappa shape index (κ2) is 6.29. The van der Waals surface area contributed by atoms with Gasteiger partial charge in [-0.05, 0) is 28.5 Å². The van der Waals surface area contributed by atoms with Crippen LogP contribution in [0.1, 0.15) is 13.3 Å². The average Bonchev–Trinajstić information content (AvgIpc) is 2.85. The molecule has 0 spiro atoms. The number of hydrogen-bond donors (Lipinski definition) is 1. The van der Waals surface area contributed by atoms with Crippen LogP contribution in [0.15, 0.2) is 18.2 Å². The smallest absolute Gasteiger partial charge is 0.303 e. The molecule has 7 nitrogen and oxygen atoms in total. The summed E-state index contributed by atoms with van der Waals surface area (Å²) < 4.78 is 20.4. The number of methoxy groups -OCH3 is 1. The largest absolute Gasteiger partial charge is 0.497 e. The van der Waals surface area contributed by atoms with Gasteiger partial charge in [0.15, 0.2) is 5.82 Å². The van der Waals surface area contributed by atoms with Crippen molar-refractivity contribution in [2.45, 2.75) is 19.9 Å². The normalized spacial score (nSPS) is 12.1. The molecule has 1 N–H and O–H groups in total. The second-order valence-electron chi connectivity index (χ2n) is 4.73. The fourth-order valence-corrected chi connectivity index (χ4v) is 1.98. The molecule has 1 aromatic carbocycles. The molecule has 1 unspecified atom stereocenters. The molecule has 1 atom stereocenters. The van der Waals surface area contributed by atoms with E-state index in [0.29, 0.717) is 12.3 Å².